The van der Waals surface area contributed by atoms with Crippen LogP contribution in [0.25, 0.3) is 0 Å². The monoisotopic (exact) mass is 265 g/mol. The second kappa shape index (κ2) is 7.94. The fourth-order valence-corrected chi connectivity index (χ4v) is 1.88. The number of nitrogens with zero attached hydrogens (tertiary/aromatic N) is 4. The number of hydrogen-bond acceptors (Lipinski definition) is 5. The van der Waals surface area contributed by atoms with Gasteiger partial charge in [-0.25, -0.2) is 9.97 Å². The maximum absolute atomic E-state index is 5.55. The number of anilines is 2. The summed E-state index contributed by atoms with van der Waals surface area (Å²) < 4.78 is 0. The Balaban J connectivity index is 2.80. The number of rotatable bonds is 8. The first-order valence-corrected chi connectivity index (χ1v) is 7.06. The molecule has 0 radical (unpaired) electrons. The molecule has 0 fully saturated rings. The van der Waals surface area contributed by atoms with Gasteiger partial charge in [0.1, 0.15) is 17.5 Å². The molecule has 19 heavy (non-hydrogen) atoms. The first kappa shape index (κ1) is 15.7. The van der Waals surface area contributed by atoms with E-state index in [0.29, 0.717) is 6.54 Å². The van der Waals surface area contributed by atoms with Gasteiger partial charge in [-0.1, -0.05) is 13.3 Å². The minimum Gasteiger partial charge on any atom is -0.360 e. The molecule has 0 aliphatic heterocycles. The summed E-state index contributed by atoms with van der Waals surface area (Å²) in [7, 11) is 4.13. The number of nitrogens with two attached hydrogens (primary N) is 1. The van der Waals surface area contributed by atoms with Crippen LogP contribution in [0, 0.1) is 6.92 Å². The van der Waals surface area contributed by atoms with Gasteiger partial charge in [0.05, 0.1) is 0 Å². The second-order valence-corrected chi connectivity index (χ2v) is 4.97. The lowest BCUT2D eigenvalue weighted by molar-refractivity contribution is 0.751. The van der Waals surface area contributed by atoms with Gasteiger partial charge in [-0.15, -0.1) is 0 Å². The maximum Gasteiger partial charge on any atom is 0.134 e. The Morgan fingerprint density at radius 3 is 2.05 bits per heavy atom. The molecule has 1 aromatic heterocycles. The van der Waals surface area contributed by atoms with Crippen LogP contribution < -0.4 is 15.5 Å². The third-order valence-corrected chi connectivity index (χ3v) is 3.14. The molecule has 0 aromatic carbocycles. The molecule has 108 valence electrons. The zero-order valence-electron chi connectivity index (χ0n) is 12.7. The third-order valence-electron chi connectivity index (χ3n) is 3.14. The van der Waals surface area contributed by atoms with Crippen LogP contribution in [0.4, 0.5) is 11.6 Å². The molecule has 0 aliphatic carbocycles. The van der Waals surface area contributed by atoms with E-state index in [4.69, 9.17) is 5.73 Å². The molecule has 0 amide bonds. The predicted molar refractivity (Wildman–Crippen MR) is 81.9 cm³/mol. The zero-order chi connectivity index (χ0) is 14.3. The Labute approximate surface area is 116 Å². The van der Waals surface area contributed by atoms with Crippen molar-refractivity contribution in [1.29, 1.82) is 0 Å². The first-order chi connectivity index (χ1) is 9.08. The highest BCUT2D eigenvalue weighted by molar-refractivity contribution is 5.50. The largest absolute Gasteiger partial charge is 0.360 e. The van der Waals surface area contributed by atoms with Gasteiger partial charge >= 0.3 is 0 Å². The fraction of sp³-hybridized carbons (Fsp3) is 0.714. The van der Waals surface area contributed by atoms with E-state index in [1.807, 2.05) is 14.0 Å². The van der Waals surface area contributed by atoms with Crippen LogP contribution in [0.2, 0.25) is 0 Å². The number of aryl methyl sites for hydroxylation is 1. The summed E-state index contributed by atoms with van der Waals surface area (Å²) in [5.74, 6) is 2.78. The molecular formula is C14H27N5. The molecule has 0 saturated heterocycles. The highest BCUT2D eigenvalue weighted by Gasteiger charge is 2.09. The van der Waals surface area contributed by atoms with E-state index >= 15 is 0 Å². The standard InChI is InChI=1S/C14H27N5/c1-5-6-9-18(3)13-11-14(17-12(2)16-13)19(4)10-7-8-15/h11H,5-10,15H2,1-4H3. The summed E-state index contributed by atoms with van der Waals surface area (Å²) in [4.78, 5) is 13.3. The van der Waals surface area contributed by atoms with E-state index in [2.05, 4.69) is 39.8 Å². The summed E-state index contributed by atoms with van der Waals surface area (Å²) in [6, 6.07) is 2.05. The molecule has 2 N–H and O–H groups in total. The van der Waals surface area contributed by atoms with Crippen molar-refractivity contribution in [2.24, 2.45) is 5.73 Å². The van der Waals surface area contributed by atoms with Crippen molar-refractivity contribution in [3.05, 3.63) is 11.9 Å². The van der Waals surface area contributed by atoms with Crippen LogP contribution in [0.15, 0.2) is 6.07 Å². The van der Waals surface area contributed by atoms with Gasteiger partial charge in [-0.2, -0.15) is 0 Å². The fourth-order valence-electron chi connectivity index (χ4n) is 1.88. The average molecular weight is 265 g/mol. The summed E-state index contributed by atoms with van der Waals surface area (Å²) in [6.07, 6.45) is 3.34. The molecule has 0 atom stereocenters. The number of aromatic nitrogens is 2. The van der Waals surface area contributed by atoms with E-state index in [1.54, 1.807) is 0 Å². The minimum atomic E-state index is 0.706. The van der Waals surface area contributed by atoms with Crippen molar-refractivity contribution in [2.75, 3.05) is 43.5 Å². The van der Waals surface area contributed by atoms with E-state index < -0.39 is 0 Å². The Bertz CT molecular complexity index is 348. The highest BCUT2D eigenvalue weighted by atomic mass is 15.2. The smallest absolute Gasteiger partial charge is 0.134 e. The molecule has 1 rings (SSSR count). The molecular weight excluding hydrogens is 238 g/mol. The summed E-state index contributed by atoms with van der Waals surface area (Å²) in [5, 5.41) is 0. The molecule has 0 unspecified atom stereocenters. The number of hydrogen-bond donors (Lipinski definition) is 1. The molecule has 0 aliphatic rings. The molecule has 5 nitrogen and oxygen atoms in total. The molecule has 1 aromatic rings. The predicted octanol–water partition coefficient (Wildman–Crippen LogP) is 1.81. The zero-order valence-corrected chi connectivity index (χ0v) is 12.7. The van der Waals surface area contributed by atoms with Crippen molar-refractivity contribution < 1.29 is 0 Å². The van der Waals surface area contributed by atoms with Crippen molar-refractivity contribution in [3.8, 4) is 0 Å². The van der Waals surface area contributed by atoms with Gasteiger partial charge in [0.2, 0.25) is 0 Å². The van der Waals surface area contributed by atoms with Crippen LogP contribution in [0.1, 0.15) is 32.0 Å². The highest BCUT2D eigenvalue weighted by Crippen LogP contribution is 2.17. The van der Waals surface area contributed by atoms with Gasteiger partial charge in [-0.05, 0) is 26.3 Å². The maximum atomic E-state index is 5.55. The minimum absolute atomic E-state index is 0.706. The molecule has 0 bridgehead atoms. The second-order valence-electron chi connectivity index (χ2n) is 4.97. The third kappa shape index (κ3) is 5.03. The normalized spacial score (nSPS) is 10.6. The Morgan fingerprint density at radius 1 is 1.05 bits per heavy atom. The topological polar surface area (TPSA) is 58.3 Å². The lowest BCUT2D eigenvalue weighted by Crippen LogP contribution is -2.24. The van der Waals surface area contributed by atoms with Crippen LogP contribution in [0.3, 0.4) is 0 Å². The van der Waals surface area contributed by atoms with Gasteiger partial charge in [0.15, 0.2) is 0 Å². The van der Waals surface area contributed by atoms with Gasteiger partial charge in [0.25, 0.3) is 0 Å². The van der Waals surface area contributed by atoms with E-state index in [0.717, 1.165) is 37.0 Å². The first-order valence-electron chi connectivity index (χ1n) is 7.06. The van der Waals surface area contributed by atoms with E-state index in [9.17, 15) is 0 Å². The lowest BCUT2D eigenvalue weighted by atomic mass is 10.3. The van der Waals surface area contributed by atoms with Crippen LogP contribution in [-0.2, 0) is 0 Å². The Hall–Kier alpha value is -1.36. The van der Waals surface area contributed by atoms with Crippen molar-refractivity contribution in [2.45, 2.75) is 33.1 Å². The quantitative estimate of drug-likeness (QED) is 0.777. The summed E-state index contributed by atoms with van der Waals surface area (Å²) >= 11 is 0. The van der Waals surface area contributed by atoms with Crippen LogP contribution in [0.5, 0.6) is 0 Å². The Kier molecular flexibility index (Phi) is 6.56. The van der Waals surface area contributed by atoms with E-state index in [1.165, 1.54) is 12.8 Å². The average Bonchev–Trinajstić information content (AvgIpc) is 2.41. The van der Waals surface area contributed by atoms with Gasteiger partial charge in [-0.3, -0.25) is 0 Å². The van der Waals surface area contributed by atoms with Crippen molar-refractivity contribution >= 4 is 11.6 Å². The van der Waals surface area contributed by atoms with Crippen LogP contribution in [-0.4, -0.2) is 43.7 Å². The van der Waals surface area contributed by atoms with Crippen molar-refractivity contribution in [3.63, 3.8) is 0 Å². The molecule has 5 heteroatoms. The van der Waals surface area contributed by atoms with Crippen LogP contribution >= 0.6 is 0 Å². The van der Waals surface area contributed by atoms with Gasteiger partial charge < -0.3 is 15.5 Å². The number of unbranched alkanes of at least 4 members (excludes halogenated alkanes) is 1. The summed E-state index contributed by atoms with van der Waals surface area (Å²) in [5.41, 5.74) is 5.55. The molecule has 0 saturated carbocycles. The Morgan fingerprint density at radius 2 is 1.58 bits per heavy atom. The van der Waals surface area contributed by atoms with Gasteiger partial charge in [0, 0.05) is 33.3 Å². The molecule has 0 spiro atoms. The lowest BCUT2D eigenvalue weighted by Gasteiger charge is -2.22. The molecule has 1 heterocycles. The SMILES string of the molecule is CCCCN(C)c1cc(N(C)CCCN)nc(C)n1. The summed E-state index contributed by atoms with van der Waals surface area (Å²) in [6.45, 7) is 6.80. The van der Waals surface area contributed by atoms with E-state index in [-0.39, 0.29) is 0 Å². The van der Waals surface area contributed by atoms with Crippen molar-refractivity contribution in [1.82, 2.24) is 9.97 Å².